The maximum atomic E-state index is 6.51. The third kappa shape index (κ3) is 2.42. The van der Waals surface area contributed by atoms with E-state index in [2.05, 4.69) is 48.2 Å². The molecule has 0 saturated carbocycles. The van der Waals surface area contributed by atoms with Crippen LogP contribution in [0.4, 0.5) is 0 Å². The lowest BCUT2D eigenvalue weighted by Crippen LogP contribution is -2.47. The van der Waals surface area contributed by atoms with Crippen LogP contribution in [0.5, 0.6) is 0 Å². The molecule has 19 heavy (non-hydrogen) atoms. The standard InChI is InChI=1S/C16H25N3/c1-18(2)11-13-7-5-9-19(13)15-10-12-6-3-4-8-14(12)16(15)17/h3-4,6,8,13,15-16H,5,7,9-11,17H2,1-2H3. The zero-order chi connectivity index (χ0) is 13.4. The molecule has 2 N–H and O–H groups in total. The molecule has 3 rings (SSSR count). The molecule has 2 aliphatic rings. The van der Waals surface area contributed by atoms with Crippen LogP contribution in [0.15, 0.2) is 24.3 Å². The van der Waals surface area contributed by atoms with Gasteiger partial charge in [0, 0.05) is 24.7 Å². The molecule has 0 amide bonds. The van der Waals surface area contributed by atoms with Crippen LogP contribution in [0.25, 0.3) is 0 Å². The van der Waals surface area contributed by atoms with Gasteiger partial charge in [-0.05, 0) is 51.0 Å². The van der Waals surface area contributed by atoms with Gasteiger partial charge in [-0.2, -0.15) is 0 Å². The molecule has 3 nitrogen and oxygen atoms in total. The number of fused-ring (bicyclic) bond motifs is 1. The molecule has 1 heterocycles. The van der Waals surface area contributed by atoms with E-state index in [9.17, 15) is 0 Å². The van der Waals surface area contributed by atoms with E-state index in [1.165, 1.54) is 30.5 Å². The molecule has 1 aliphatic carbocycles. The molecule has 1 aromatic rings. The number of benzene rings is 1. The van der Waals surface area contributed by atoms with E-state index in [0.29, 0.717) is 12.1 Å². The normalized spacial score (nSPS) is 31.1. The predicted octanol–water partition coefficient (Wildman–Crippen LogP) is 1.64. The maximum absolute atomic E-state index is 6.51. The van der Waals surface area contributed by atoms with Gasteiger partial charge < -0.3 is 10.6 Å². The van der Waals surface area contributed by atoms with Crippen LogP contribution in [0.2, 0.25) is 0 Å². The van der Waals surface area contributed by atoms with E-state index >= 15 is 0 Å². The first-order valence-electron chi connectivity index (χ1n) is 7.40. The highest BCUT2D eigenvalue weighted by Crippen LogP contribution is 2.36. The minimum absolute atomic E-state index is 0.193. The first-order valence-corrected chi connectivity index (χ1v) is 7.40. The second-order valence-electron chi connectivity index (χ2n) is 6.29. The topological polar surface area (TPSA) is 32.5 Å². The molecule has 1 saturated heterocycles. The Balaban J connectivity index is 1.77. The summed E-state index contributed by atoms with van der Waals surface area (Å²) in [5.41, 5.74) is 9.33. The fourth-order valence-corrected chi connectivity index (χ4v) is 3.84. The molecular formula is C16H25N3. The van der Waals surface area contributed by atoms with E-state index in [1.54, 1.807) is 0 Å². The molecule has 3 heteroatoms. The highest BCUT2D eigenvalue weighted by atomic mass is 15.3. The van der Waals surface area contributed by atoms with Crippen LogP contribution >= 0.6 is 0 Å². The highest BCUT2D eigenvalue weighted by molar-refractivity contribution is 5.37. The van der Waals surface area contributed by atoms with E-state index in [4.69, 9.17) is 5.73 Å². The van der Waals surface area contributed by atoms with E-state index in [0.717, 1.165) is 13.0 Å². The number of likely N-dealkylation sites (tertiary alicyclic amines) is 1. The average Bonchev–Trinajstić information content (AvgIpc) is 2.94. The third-order valence-corrected chi connectivity index (χ3v) is 4.68. The maximum Gasteiger partial charge on any atom is 0.0459 e. The van der Waals surface area contributed by atoms with Crippen molar-refractivity contribution in [1.29, 1.82) is 0 Å². The Kier molecular flexibility index (Phi) is 3.61. The van der Waals surface area contributed by atoms with Crippen LogP contribution in [-0.2, 0) is 6.42 Å². The smallest absolute Gasteiger partial charge is 0.0459 e. The largest absolute Gasteiger partial charge is 0.323 e. The Morgan fingerprint density at radius 3 is 2.84 bits per heavy atom. The zero-order valence-electron chi connectivity index (χ0n) is 12.0. The summed E-state index contributed by atoms with van der Waals surface area (Å²) in [6.07, 6.45) is 3.76. The summed E-state index contributed by atoms with van der Waals surface area (Å²) in [6.45, 7) is 2.37. The van der Waals surface area contributed by atoms with Gasteiger partial charge >= 0.3 is 0 Å². The third-order valence-electron chi connectivity index (χ3n) is 4.68. The Hall–Kier alpha value is -0.900. The van der Waals surface area contributed by atoms with Crippen molar-refractivity contribution in [3.8, 4) is 0 Å². The summed E-state index contributed by atoms with van der Waals surface area (Å²) in [5, 5.41) is 0. The molecule has 1 fully saturated rings. The number of nitrogens with zero attached hydrogens (tertiary/aromatic N) is 2. The van der Waals surface area contributed by atoms with Gasteiger partial charge in [0.15, 0.2) is 0 Å². The summed E-state index contributed by atoms with van der Waals surface area (Å²) in [6, 6.07) is 10.1. The first-order chi connectivity index (χ1) is 9.16. The van der Waals surface area contributed by atoms with Crippen molar-refractivity contribution in [2.24, 2.45) is 5.73 Å². The molecule has 0 bridgehead atoms. The van der Waals surface area contributed by atoms with Gasteiger partial charge in [-0.3, -0.25) is 4.90 Å². The summed E-state index contributed by atoms with van der Waals surface area (Å²) in [7, 11) is 4.33. The summed E-state index contributed by atoms with van der Waals surface area (Å²) in [5.74, 6) is 0. The van der Waals surface area contributed by atoms with Crippen LogP contribution in [0, 0.1) is 0 Å². The number of likely N-dealkylation sites (N-methyl/N-ethyl adjacent to an activating group) is 1. The van der Waals surface area contributed by atoms with Crippen molar-refractivity contribution in [1.82, 2.24) is 9.80 Å². The zero-order valence-corrected chi connectivity index (χ0v) is 12.0. The molecule has 1 aliphatic heterocycles. The van der Waals surface area contributed by atoms with Gasteiger partial charge in [0.2, 0.25) is 0 Å². The van der Waals surface area contributed by atoms with Gasteiger partial charge in [-0.15, -0.1) is 0 Å². The van der Waals surface area contributed by atoms with Crippen LogP contribution in [0.3, 0.4) is 0 Å². The van der Waals surface area contributed by atoms with Gasteiger partial charge in [0.05, 0.1) is 0 Å². The quantitative estimate of drug-likeness (QED) is 0.895. The molecule has 104 valence electrons. The lowest BCUT2D eigenvalue weighted by Gasteiger charge is -2.34. The van der Waals surface area contributed by atoms with Crippen molar-refractivity contribution < 1.29 is 0 Å². The minimum atomic E-state index is 0.193. The van der Waals surface area contributed by atoms with Crippen LogP contribution < -0.4 is 5.73 Å². The molecule has 0 radical (unpaired) electrons. The van der Waals surface area contributed by atoms with Crippen molar-refractivity contribution in [2.75, 3.05) is 27.2 Å². The molecule has 0 aromatic heterocycles. The Morgan fingerprint density at radius 1 is 1.32 bits per heavy atom. The van der Waals surface area contributed by atoms with E-state index in [1.807, 2.05) is 0 Å². The van der Waals surface area contributed by atoms with Gasteiger partial charge in [0.25, 0.3) is 0 Å². The molecule has 3 unspecified atom stereocenters. The van der Waals surface area contributed by atoms with Crippen LogP contribution in [0.1, 0.15) is 30.0 Å². The Morgan fingerprint density at radius 2 is 2.11 bits per heavy atom. The lowest BCUT2D eigenvalue weighted by atomic mass is 10.1. The fraction of sp³-hybridized carbons (Fsp3) is 0.625. The summed E-state index contributed by atoms with van der Waals surface area (Å²) >= 11 is 0. The number of rotatable bonds is 3. The molecule has 0 spiro atoms. The van der Waals surface area contributed by atoms with Crippen LogP contribution in [-0.4, -0.2) is 49.1 Å². The minimum Gasteiger partial charge on any atom is -0.323 e. The van der Waals surface area contributed by atoms with Crippen molar-refractivity contribution in [2.45, 2.75) is 37.4 Å². The van der Waals surface area contributed by atoms with Gasteiger partial charge in [0.1, 0.15) is 0 Å². The van der Waals surface area contributed by atoms with Gasteiger partial charge in [-0.25, -0.2) is 0 Å². The predicted molar refractivity (Wildman–Crippen MR) is 79.1 cm³/mol. The lowest BCUT2D eigenvalue weighted by molar-refractivity contribution is 0.140. The Bertz CT molecular complexity index is 443. The monoisotopic (exact) mass is 259 g/mol. The fourth-order valence-electron chi connectivity index (χ4n) is 3.84. The SMILES string of the molecule is CN(C)CC1CCCN1C1Cc2ccccc2C1N. The molecular weight excluding hydrogens is 234 g/mol. The number of hydrogen-bond donors (Lipinski definition) is 1. The first kappa shape index (κ1) is 13.1. The molecule has 3 atom stereocenters. The van der Waals surface area contributed by atoms with Crippen molar-refractivity contribution in [3.63, 3.8) is 0 Å². The van der Waals surface area contributed by atoms with E-state index in [-0.39, 0.29) is 6.04 Å². The van der Waals surface area contributed by atoms with Crippen molar-refractivity contribution >= 4 is 0 Å². The van der Waals surface area contributed by atoms with E-state index < -0.39 is 0 Å². The number of hydrogen-bond acceptors (Lipinski definition) is 3. The molecule has 1 aromatic carbocycles. The summed E-state index contributed by atoms with van der Waals surface area (Å²) < 4.78 is 0. The second kappa shape index (κ2) is 5.23. The average molecular weight is 259 g/mol. The second-order valence-corrected chi connectivity index (χ2v) is 6.29. The summed E-state index contributed by atoms with van der Waals surface area (Å²) in [4.78, 5) is 4.97. The highest BCUT2D eigenvalue weighted by Gasteiger charge is 2.38. The van der Waals surface area contributed by atoms with Gasteiger partial charge in [-0.1, -0.05) is 24.3 Å². The number of nitrogens with two attached hydrogens (primary N) is 1. The Labute approximate surface area is 116 Å². The van der Waals surface area contributed by atoms with Crippen molar-refractivity contribution in [3.05, 3.63) is 35.4 Å².